The van der Waals surface area contributed by atoms with E-state index in [2.05, 4.69) is 165 Å². The Bertz CT molecular complexity index is 1520. The SMILES string of the molecule is CN(C)c1ccc([C@@H]2c3ccccc3[P+](c3ccccc3)(c3ccccc3)c3cc(N(C)C)ccc32)cc1. The van der Waals surface area contributed by atoms with E-state index in [-0.39, 0.29) is 5.92 Å². The lowest BCUT2D eigenvalue weighted by molar-refractivity contribution is 0.984. The van der Waals surface area contributed by atoms with E-state index in [4.69, 9.17) is 0 Å². The van der Waals surface area contributed by atoms with Crippen LogP contribution in [0.3, 0.4) is 0 Å². The Hall–Kier alpha value is -3.87. The quantitative estimate of drug-likeness (QED) is 0.264. The topological polar surface area (TPSA) is 6.48 Å². The van der Waals surface area contributed by atoms with Gasteiger partial charge in [0.05, 0.1) is 0 Å². The summed E-state index contributed by atoms with van der Waals surface area (Å²) in [5.74, 6) is 0.175. The number of anilines is 2. The molecule has 3 heteroatoms. The number of rotatable bonds is 5. The summed E-state index contributed by atoms with van der Waals surface area (Å²) >= 11 is 0. The third-order valence-electron chi connectivity index (χ3n) is 7.84. The molecule has 0 fully saturated rings. The molecule has 1 aliphatic heterocycles. The van der Waals surface area contributed by atoms with Gasteiger partial charge in [-0.05, 0) is 54.1 Å². The minimum atomic E-state index is -2.16. The molecular formula is C35H34N2P+. The molecule has 0 aliphatic carbocycles. The molecule has 5 aromatic carbocycles. The molecule has 0 saturated heterocycles. The van der Waals surface area contributed by atoms with Crippen LogP contribution in [0.2, 0.25) is 0 Å². The van der Waals surface area contributed by atoms with Crippen LogP contribution in [-0.2, 0) is 0 Å². The predicted molar refractivity (Wildman–Crippen MR) is 167 cm³/mol. The Kier molecular flexibility index (Phi) is 6.30. The number of fused-ring (bicyclic) bond motifs is 2. The molecule has 0 unspecified atom stereocenters. The first-order valence-electron chi connectivity index (χ1n) is 13.2. The fourth-order valence-corrected chi connectivity index (χ4v) is 10.7. The van der Waals surface area contributed by atoms with E-state index in [0.29, 0.717) is 0 Å². The summed E-state index contributed by atoms with van der Waals surface area (Å²) in [6.07, 6.45) is 0. The maximum absolute atomic E-state index is 2.47. The summed E-state index contributed by atoms with van der Waals surface area (Å²) in [6.45, 7) is 0. The van der Waals surface area contributed by atoms with Crippen molar-refractivity contribution < 1.29 is 0 Å². The predicted octanol–water partition coefficient (Wildman–Crippen LogP) is 5.93. The lowest BCUT2D eigenvalue weighted by Crippen LogP contribution is -2.45. The van der Waals surface area contributed by atoms with Crippen molar-refractivity contribution in [2.75, 3.05) is 38.0 Å². The summed E-state index contributed by atoms with van der Waals surface area (Å²) in [4.78, 5) is 4.39. The van der Waals surface area contributed by atoms with Crippen molar-refractivity contribution in [2.24, 2.45) is 0 Å². The fraction of sp³-hybridized carbons (Fsp3) is 0.143. The van der Waals surface area contributed by atoms with E-state index < -0.39 is 7.26 Å². The lowest BCUT2D eigenvalue weighted by atomic mass is 9.84. The van der Waals surface area contributed by atoms with Crippen LogP contribution in [0, 0.1) is 0 Å². The van der Waals surface area contributed by atoms with Crippen LogP contribution >= 0.6 is 7.26 Å². The van der Waals surface area contributed by atoms with E-state index in [0.717, 1.165) is 0 Å². The van der Waals surface area contributed by atoms with E-state index in [1.807, 2.05) is 0 Å². The summed E-state index contributed by atoms with van der Waals surface area (Å²) in [5, 5.41) is 5.72. The zero-order valence-corrected chi connectivity index (χ0v) is 23.4. The second-order valence-electron chi connectivity index (χ2n) is 10.5. The highest BCUT2D eigenvalue weighted by Gasteiger charge is 2.55. The summed E-state index contributed by atoms with van der Waals surface area (Å²) in [6, 6.07) is 47.9. The third-order valence-corrected chi connectivity index (χ3v) is 12.2. The molecule has 1 aliphatic rings. The molecule has 5 aromatic rings. The van der Waals surface area contributed by atoms with Crippen LogP contribution in [0.15, 0.2) is 127 Å². The zero-order chi connectivity index (χ0) is 26.3. The fourth-order valence-electron chi connectivity index (χ4n) is 6.01. The van der Waals surface area contributed by atoms with Gasteiger partial charge in [0.1, 0.15) is 28.5 Å². The highest BCUT2D eigenvalue weighted by atomic mass is 31.2. The van der Waals surface area contributed by atoms with Crippen molar-refractivity contribution in [3.05, 3.63) is 144 Å². The van der Waals surface area contributed by atoms with Gasteiger partial charge in [0.25, 0.3) is 0 Å². The maximum atomic E-state index is 2.47. The standard InChI is InChI=1S/C35H34N2P/c1-36(2)27-21-19-26(20-22-27)35-31-17-11-12-18-33(31)38(29-13-7-5-8-14-29,30-15-9-6-10-16-30)34-25-28(37(3)4)23-24-32(34)35/h5-25,35H,1-4H3/q+1/t35-/m1/s1. The molecule has 0 spiro atoms. The van der Waals surface area contributed by atoms with Gasteiger partial charge < -0.3 is 9.80 Å². The summed E-state index contributed by atoms with van der Waals surface area (Å²) in [5.41, 5.74) is 6.61. The third kappa shape index (κ3) is 3.83. The molecule has 188 valence electrons. The van der Waals surface area contributed by atoms with Crippen molar-refractivity contribution >= 4 is 39.9 Å². The van der Waals surface area contributed by atoms with Crippen LogP contribution < -0.4 is 31.0 Å². The molecule has 1 heterocycles. The van der Waals surface area contributed by atoms with Crippen LogP contribution in [0.25, 0.3) is 0 Å². The second-order valence-corrected chi connectivity index (χ2v) is 13.8. The highest BCUT2D eigenvalue weighted by molar-refractivity contribution is 8.01. The van der Waals surface area contributed by atoms with Crippen molar-refractivity contribution in [2.45, 2.75) is 5.92 Å². The van der Waals surface area contributed by atoms with Gasteiger partial charge in [0, 0.05) is 62.7 Å². The number of hydrogen-bond donors (Lipinski definition) is 0. The van der Waals surface area contributed by atoms with Crippen LogP contribution in [0.1, 0.15) is 22.6 Å². The second kappa shape index (κ2) is 9.78. The van der Waals surface area contributed by atoms with E-state index in [9.17, 15) is 0 Å². The number of nitrogens with zero attached hydrogens (tertiary/aromatic N) is 2. The summed E-state index contributed by atoms with van der Waals surface area (Å²) in [7, 11) is 6.32. The van der Waals surface area contributed by atoms with Crippen LogP contribution in [0.4, 0.5) is 11.4 Å². The van der Waals surface area contributed by atoms with Crippen molar-refractivity contribution in [1.29, 1.82) is 0 Å². The molecule has 6 rings (SSSR count). The molecular weight excluding hydrogens is 479 g/mol. The van der Waals surface area contributed by atoms with Crippen LogP contribution in [0.5, 0.6) is 0 Å². The minimum absolute atomic E-state index is 0.175. The molecule has 1 atom stereocenters. The van der Waals surface area contributed by atoms with Gasteiger partial charge in [-0.2, -0.15) is 0 Å². The maximum Gasteiger partial charge on any atom is 0.145 e. The molecule has 0 radical (unpaired) electrons. The van der Waals surface area contributed by atoms with Gasteiger partial charge in [0.15, 0.2) is 0 Å². The normalized spacial score (nSPS) is 15.3. The number of hydrogen-bond acceptors (Lipinski definition) is 2. The Labute approximate surface area is 227 Å². The van der Waals surface area contributed by atoms with Gasteiger partial charge in [-0.1, -0.05) is 72.8 Å². The molecule has 0 aromatic heterocycles. The first kappa shape index (κ1) is 24.5. The summed E-state index contributed by atoms with van der Waals surface area (Å²) < 4.78 is 0. The van der Waals surface area contributed by atoms with Crippen molar-refractivity contribution in [3.8, 4) is 0 Å². The van der Waals surface area contributed by atoms with Crippen molar-refractivity contribution in [3.63, 3.8) is 0 Å². The monoisotopic (exact) mass is 513 g/mol. The average Bonchev–Trinajstić information content (AvgIpc) is 2.96. The van der Waals surface area contributed by atoms with Crippen molar-refractivity contribution in [1.82, 2.24) is 0 Å². The zero-order valence-electron chi connectivity index (χ0n) is 22.5. The van der Waals surface area contributed by atoms with Gasteiger partial charge >= 0.3 is 0 Å². The average molecular weight is 514 g/mol. The molecule has 0 amide bonds. The van der Waals surface area contributed by atoms with E-state index in [1.165, 1.54) is 49.3 Å². The highest BCUT2D eigenvalue weighted by Crippen LogP contribution is 2.60. The number of benzene rings is 5. The Balaban J connectivity index is 1.74. The first-order chi connectivity index (χ1) is 18.5. The Morgan fingerprint density at radius 3 is 1.55 bits per heavy atom. The smallest absolute Gasteiger partial charge is 0.145 e. The molecule has 38 heavy (non-hydrogen) atoms. The van der Waals surface area contributed by atoms with Gasteiger partial charge in [0.2, 0.25) is 0 Å². The van der Waals surface area contributed by atoms with Gasteiger partial charge in [-0.25, -0.2) is 0 Å². The largest absolute Gasteiger partial charge is 0.378 e. The van der Waals surface area contributed by atoms with E-state index in [1.54, 1.807) is 0 Å². The van der Waals surface area contributed by atoms with Crippen LogP contribution in [-0.4, -0.2) is 28.2 Å². The van der Waals surface area contributed by atoms with Gasteiger partial charge in [-0.15, -0.1) is 0 Å². The molecule has 0 bridgehead atoms. The van der Waals surface area contributed by atoms with Gasteiger partial charge in [-0.3, -0.25) is 0 Å². The first-order valence-corrected chi connectivity index (χ1v) is 15.0. The molecule has 2 nitrogen and oxygen atoms in total. The Morgan fingerprint density at radius 1 is 0.474 bits per heavy atom. The minimum Gasteiger partial charge on any atom is -0.378 e. The Morgan fingerprint density at radius 2 is 0.974 bits per heavy atom. The molecule has 0 N–H and O–H groups in total. The lowest BCUT2D eigenvalue weighted by Gasteiger charge is -2.38. The van der Waals surface area contributed by atoms with E-state index >= 15 is 0 Å². The molecule has 0 saturated carbocycles.